The van der Waals surface area contributed by atoms with Gasteiger partial charge in [-0.25, -0.2) is 8.42 Å². The Hall–Kier alpha value is -2.18. The summed E-state index contributed by atoms with van der Waals surface area (Å²) in [6.07, 6.45) is 2.05. The Morgan fingerprint density at radius 3 is 2.50 bits per heavy atom. The molecule has 0 spiro atoms. The van der Waals surface area contributed by atoms with Crippen LogP contribution in [0.3, 0.4) is 0 Å². The fourth-order valence-electron chi connectivity index (χ4n) is 3.34. The first-order valence-electron chi connectivity index (χ1n) is 8.88. The van der Waals surface area contributed by atoms with Crippen LogP contribution in [0.1, 0.15) is 26.2 Å². The minimum atomic E-state index is -3.82. The molecule has 1 atom stereocenters. The summed E-state index contributed by atoms with van der Waals surface area (Å²) < 4.78 is 33.3. The number of rotatable bonds is 5. The monoisotopic (exact) mass is 373 g/mol. The van der Waals surface area contributed by atoms with Crippen molar-refractivity contribution in [2.45, 2.75) is 37.1 Å². The molecular formula is C20H23NO4S. The smallest absolute Gasteiger partial charge is 0.324 e. The van der Waals surface area contributed by atoms with Crippen molar-refractivity contribution in [3.05, 3.63) is 54.6 Å². The molecule has 2 aromatic rings. The van der Waals surface area contributed by atoms with Gasteiger partial charge >= 0.3 is 5.97 Å². The Kier molecular flexibility index (Phi) is 5.74. The molecule has 6 heteroatoms. The molecule has 0 aromatic heterocycles. The van der Waals surface area contributed by atoms with E-state index >= 15 is 0 Å². The molecule has 0 amide bonds. The fraction of sp³-hybridized carbons (Fsp3) is 0.350. The van der Waals surface area contributed by atoms with Gasteiger partial charge in [-0.3, -0.25) is 4.79 Å². The Bertz CT molecular complexity index is 864. The second-order valence-electron chi connectivity index (χ2n) is 6.24. The van der Waals surface area contributed by atoms with Crippen molar-refractivity contribution >= 4 is 16.0 Å². The van der Waals surface area contributed by atoms with Gasteiger partial charge in [-0.2, -0.15) is 4.31 Å². The van der Waals surface area contributed by atoms with E-state index in [1.165, 1.54) is 4.31 Å². The third-order valence-corrected chi connectivity index (χ3v) is 6.54. The van der Waals surface area contributed by atoms with Crippen molar-refractivity contribution in [1.29, 1.82) is 0 Å². The minimum Gasteiger partial charge on any atom is -0.465 e. The Labute approximate surface area is 154 Å². The number of sulfonamides is 1. The van der Waals surface area contributed by atoms with Gasteiger partial charge in [0, 0.05) is 12.1 Å². The van der Waals surface area contributed by atoms with Crippen molar-refractivity contribution < 1.29 is 17.9 Å². The number of benzene rings is 2. The van der Waals surface area contributed by atoms with E-state index in [4.69, 9.17) is 4.74 Å². The summed E-state index contributed by atoms with van der Waals surface area (Å²) in [7, 11) is -3.82. The van der Waals surface area contributed by atoms with Crippen LogP contribution >= 0.6 is 0 Å². The number of esters is 1. The SMILES string of the molecule is CCOC(=O)C1CCCCN1S(=O)(=O)c1ccccc1-c1ccccc1. The van der Waals surface area contributed by atoms with E-state index in [1.807, 2.05) is 36.4 Å². The predicted octanol–water partition coefficient (Wildman–Crippen LogP) is 3.46. The molecule has 1 aliphatic rings. The molecule has 1 heterocycles. The van der Waals surface area contributed by atoms with Crippen LogP contribution in [0.2, 0.25) is 0 Å². The maximum atomic E-state index is 13.4. The van der Waals surface area contributed by atoms with Gasteiger partial charge < -0.3 is 4.74 Å². The first-order valence-corrected chi connectivity index (χ1v) is 10.3. The molecule has 5 nitrogen and oxygen atoms in total. The molecule has 0 bridgehead atoms. The average Bonchev–Trinajstić information content (AvgIpc) is 2.69. The van der Waals surface area contributed by atoms with Gasteiger partial charge in [0.25, 0.3) is 0 Å². The largest absolute Gasteiger partial charge is 0.465 e. The highest BCUT2D eigenvalue weighted by Gasteiger charge is 2.39. The van der Waals surface area contributed by atoms with Crippen LogP contribution in [-0.2, 0) is 19.6 Å². The van der Waals surface area contributed by atoms with E-state index in [0.717, 1.165) is 18.4 Å². The molecule has 0 aliphatic carbocycles. The molecule has 1 unspecified atom stereocenters. The zero-order valence-corrected chi connectivity index (χ0v) is 15.6. The highest BCUT2D eigenvalue weighted by atomic mass is 32.2. The lowest BCUT2D eigenvalue weighted by Crippen LogP contribution is -2.48. The van der Waals surface area contributed by atoms with Gasteiger partial charge in [0.1, 0.15) is 6.04 Å². The third kappa shape index (κ3) is 3.66. The Morgan fingerprint density at radius 1 is 1.08 bits per heavy atom. The topological polar surface area (TPSA) is 63.7 Å². The van der Waals surface area contributed by atoms with Gasteiger partial charge in [-0.1, -0.05) is 48.5 Å². The van der Waals surface area contributed by atoms with Crippen LogP contribution in [0, 0.1) is 0 Å². The number of ether oxygens (including phenoxy) is 1. The van der Waals surface area contributed by atoms with Gasteiger partial charge in [0.15, 0.2) is 0 Å². The lowest BCUT2D eigenvalue weighted by atomic mass is 10.1. The van der Waals surface area contributed by atoms with Crippen molar-refractivity contribution in [3.63, 3.8) is 0 Å². The second-order valence-corrected chi connectivity index (χ2v) is 8.10. The summed E-state index contributed by atoms with van der Waals surface area (Å²) in [4.78, 5) is 12.5. The lowest BCUT2D eigenvalue weighted by molar-refractivity contribution is -0.148. The quantitative estimate of drug-likeness (QED) is 0.753. The predicted molar refractivity (Wildman–Crippen MR) is 100 cm³/mol. The van der Waals surface area contributed by atoms with Crippen LogP contribution in [0.15, 0.2) is 59.5 Å². The summed E-state index contributed by atoms with van der Waals surface area (Å²) in [5, 5.41) is 0. The van der Waals surface area contributed by atoms with Crippen LogP contribution < -0.4 is 0 Å². The number of hydrogen-bond donors (Lipinski definition) is 0. The molecule has 0 N–H and O–H groups in total. The highest BCUT2D eigenvalue weighted by molar-refractivity contribution is 7.89. The summed E-state index contributed by atoms with van der Waals surface area (Å²) >= 11 is 0. The Balaban J connectivity index is 2.04. The van der Waals surface area contributed by atoms with E-state index in [1.54, 1.807) is 25.1 Å². The number of hydrogen-bond acceptors (Lipinski definition) is 4. The maximum absolute atomic E-state index is 13.4. The van der Waals surface area contributed by atoms with Crippen molar-refractivity contribution in [3.8, 4) is 11.1 Å². The summed E-state index contributed by atoms with van der Waals surface area (Å²) in [5.74, 6) is -0.465. The van der Waals surface area contributed by atoms with Crippen LogP contribution in [0.5, 0.6) is 0 Å². The standard InChI is InChI=1S/C20H23NO4S/c1-2-25-20(22)18-13-8-9-15-21(18)26(23,24)19-14-7-6-12-17(19)16-10-4-3-5-11-16/h3-7,10-12,14,18H,2,8-9,13,15H2,1H3. The third-order valence-electron chi connectivity index (χ3n) is 4.57. The van der Waals surface area contributed by atoms with Gasteiger partial charge in [-0.15, -0.1) is 0 Å². The van der Waals surface area contributed by atoms with E-state index in [9.17, 15) is 13.2 Å². The lowest BCUT2D eigenvalue weighted by Gasteiger charge is -2.33. The number of carbonyl (C=O) groups excluding carboxylic acids is 1. The van der Waals surface area contributed by atoms with Gasteiger partial charge in [0.05, 0.1) is 11.5 Å². The van der Waals surface area contributed by atoms with Crippen LogP contribution in [0.4, 0.5) is 0 Å². The second kappa shape index (κ2) is 8.01. The normalized spacial score (nSPS) is 18.4. The van der Waals surface area contributed by atoms with Crippen LogP contribution in [-0.4, -0.2) is 37.9 Å². The highest BCUT2D eigenvalue weighted by Crippen LogP contribution is 2.32. The van der Waals surface area contributed by atoms with Crippen molar-refractivity contribution in [1.82, 2.24) is 4.31 Å². The fourth-order valence-corrected chi connectivity index (χ4v) is 5.20. The minimum absolute atomic E-state index is 0.224. The zero-order valence-electron chi connectivity index (χ0n) is 14.8. The van der Waals surface area contributed by atoms with E-state index < -0.39 is 22.0 Å². The van der Waals surface area contributed by atoms with Gasteiger partial charge in [-0.05, 0) is 37.8 Å². The molecule has 138 valence electrons. The maximum Gasteiger partial charge on any atom is 0.324 e. The van der Waals surface area contributed by atoms with Crippen molar-refractivity contribution in [2.24, 2.45) is 0 Å². The summed E-state index contributed by atoms with van der Waals surface area (Å²) in [6, 6.07) is 15.6. The van der Waals surface area contributed by atoms with Crippen molar-refractivity contribution in [2.75, 3.05) is 13.2 Å². The number of nitrogens with zero attached hydrogens (tertiary/aromatic N) is 1. The van der Waals surface area contributed by atoms with Gasteiger partial charge in [0.2, 0.25) is 10.0 Å². The molecule has 1 fully saturated rings. The van der Waals surface area contributed by atoms with E-state index in [0.29, 0.717) is 18.5 Å². The molecule has 26 heavy (non-hydrogen) atoms. The first kappa shape index (κ1) is 18.6. The molecule has 3 rings (SSSR count). The summed E-state index contributed by atoms with van der Waals surface area (Å²) in [6.45, 7) is 2.29. The van der Waals surface area contributed by atoms with E-state index in [2.05, 4.69) is 0 Å². The zero-order chi connectivity index (χ0) is 18.6. The number of carbonyl (C=O) groups is 1. The number of piperidine rings is 1. The molecular weight excluding hydrogens is 350 g/mol. The molecule has 1 saturated heterocycles. The molecule has 0 radical (unpaired) electrons. The summed E-state index contributed by atoms with van der Waals surface area (Å²) in [5.41, 5.74) is 1.47. The molecule has 0 saturated carbocycles. The molecule has 2 aromatic carbocycles. The van der Waals surface area contributed by atoms with E-state index in [-0.39, 0.29) is 11.5 Å². The molecule has 1 aliphatic heterocycles. The first-order chi connectivity index (χ1) is 12.6. The average molecular weight is 373 g/mol. The van der Waals surface area contributed by atoms with Crippen LogP contribution in [0.25, 0.3) is 11.1 Å². The Morgan fingerprint density at radius 2 is 1.77 bits per heavy atom.